The van der Waals surface area contributed by atoms with Gasteiger partial charge in [0, 0.05) is 45.5 Å². The van der Waals surface area contributed by atoms with Gasteiger partial charge in [0.2, 0.25) is 0 Å². The second-order valence-corrected chi connectivity index (χ2v) is 7.15. The third-order valence-corrected chi connectivity index (χ3v) is 4.90. The predicted octanol–water partition coefficient (Wildman–Crippen LogP) is 1.83. The highest BCUT2D eigenvalue weighted by atomic mass is 16.4. The molecule has 0 bridgehead atoms. The summed E-state index contributed by atoms with van der Waals surface area (Å²) in [7, 11) is 5.77. The van der Waals surface area contributed by atoms with Crippen molar-refractivity contribution in [3.63, 3.8) is 0 Å². The SMILES string of the molecule is CCN(CC(=O)O)C1CC(NC(=O)N(C)Cc2cccc(N(C)C)c2)C1. The van der Waals surface area contributed by atoms with Crippen molar-refractivity contribution in [2.75, 3.05) is 39.1 Å². The molecule has 144 valence electrons. The van der Waals surface area contributed by atoms with Crippen molar-refractivity contribution < 1.29 is 14.7 Å². The lowest BCUT2D eigenvalue weighted by Gasteiger charge is -2.42. The van der Waals surface area contributed by atoms with Crippen LogP contribution in [0.5, 0.6) is 0 Å². The first-order valence-electron chi connectivity index (χ1n) is 9.03. The van der Waals surface area contributed by atoms with Crippen molar-refractivity contribution in [3.05, 3.63) is 29.8 Å². The Labute approximate surface area is 155 Å². The van der Waals surface area contributed by atoms with E-state index in [0.29, 0.717) is 13.1 Å². The molecule has 0 unspecified atom stereocenters. The Hall–Kier alpha value is -2.28. The summed E-state index contributed by atoms with van der Waals surface area (Å²) >= 11 is 0. The average molecular weight is 362 g/mol. The largest absolute Gasteiger partial charge is 0.480 e. The fourth-order valence-corrected chi connectivity index (χ4v) is 3.24. The van der Waals surface area contributed by atoms with Crippen LogP contribution in [0, 0.1) is 0 Å². The van der Waals surface area contributed by atoms with Crippen LogP contribution in [0.4, 0.5) is 10.5 Å². The Morgan fingerprint density at radius 3 is 2.50 bits per heavy atom. The summed E-state index contributed by atoms with van der Waals surface area (Å²) in [5.74, 6) is -0.806. The molecule has 0 atom stereocenters. The van der Waals surface area contributed by atoms with Gasteiger partial charge in [-0.05, 0) is 37.1 Å². The van der Waals surface area contributed by atoms with Gasteiger partial charge in [-0.2, -0.15) is 0 Å². The van der Waals surface area contributed by atoms with Crippen LogP contribution < -0.4 is 10.2 Å². The summed E-state index contributed by atoms with van der Waals surface area (Å²) in [5, 5.41) is 12.0. The molecule has 26 heavy (non-hydrogen) atoms. The van der Waals surface area contributed by atoms with Crippen molar-refractivity contribution in [2.24, 2.45) is 0 Å². The molecular formula is C19H30N4O3. The predicted molar refractivity (Wildman–Crippen MR) is 102 cm³/mol. The molecule has 0 aliphatic heterocycles. The van der Waals surface area contributed by atoms with Crippen LogP contribution in [0.2, 0.25) is 0 Å². The van der Waals surface area contributed by atoms with Crippen LogP contribution in [0.25, 0.3) is 0 Å². The smallest absolute Gasteiger partial charge is 0.317 e. The summed E-state index contributed by atoms with van der Waals surface area (Å²) in [4.78, 5) is 28.9. The van der Waals surface area contributed by atoms with E-state index >= 15 is 0 Å². The van der Waals surface area contributed by atoms with Crippen molar-refractivity contribution in [3.8, 4) is 0 Å². The average Bonchev–Trinajstić information content (AvgIpc) is 2.55. The topological polar surface area (TPSA) is 76.1 Å². The van der Waals surface area contributed by atoms with Crippen LogP contribution in [0.15, 0.2) is 24.3 Å². The number of likely N-dealkylation sites (N-methyl/N-ethyl adjacent to an activating group) is 1. The number of hydrogen-bond donors (Lipinski definition) is 2. The van der Waals surface area contributed by atoms with Gasteiger partial charge in [-0.25, -0.2) is 4.79 Å². The highest BCUT2D eigenvalue weighted by molar-refractivity contribution is 5.74. The van der Waals surface area contributed by atoms with E-state index in [1.54, 1.807) is 11.9 Å². The number of nitrogens with zero attached hydrogens (tertiary/aromatic N) is 3. The van der Waals surface area contributed by atoms with E-state index in [1.807, 2.05) is 49.0 Å². The first-order chi connectivity index (χ1) is 12.3. The van der Waals surface area contributed by atoms with E-state index in [0.717, 1.165) is 24.1 Å². The van der Waals surface area contributed by atoms with Crippen LogP contribution in [0.3, 0.4) is 0 Å². The molecule has 1 aliphatic carbocycles. The minimum Gasteiger partial charge on any atom is -0.480 e. The highest BCUT2D eigenvalue weighted by Crippen LogP contribution is 2.25. The van der Waals surface area contributed by atoms with Crippen molar-refractivity contribution in [2.45, 2.75) is 38.4 Å². The minimum atomic E-state index is -0.806. The first kappa shape index (κ1) is 20.0. The molecule has 1 aromatic carbocycles. The summed E-state index contributed by atoms with van der Waals surface area (Å²) in [6.07, 6.45) is 1.60. The van der Waals surface area contributed by atoms with Gasteiger partial charge in [-0.15, -0.1) is 0 Å². The van der Waals surface area contributed by atoms with Crippen LogP contribution in [-0.2, 0) is 11.3 Å². The molecule has 1 fully saturated rings. The monoisotopic (exact) mass is 362 g/mol. The van der Waals surface area contributed by atoms with Gasteiger partial charge in [-0.1, -0.05) is 19.1 Å². The number of urea groups is 1. The molecule has 2 amide bonds. The van der Waals surface area contributed by atoms with E-state index in [2.05, 4.69) is 11.4 Å². The number of carboxylic acid groups (broad SMARTS) is 1. The Morgan fingerprint density at radius 2 is 1.92 bits per heavy atom. The molecule has 1 saturated carbocycles. The van der Waals surface area contributed by atoms with Crippen LogP contribution in [0.1, 0.15) is 25.3 Å². The number of carbonyl (C=O) groups excluding carboxylic acids is 1. The van der Waals surface area contributed by atoms with E-state index in [1.165, 1.54) is 0 Å². The van der Waals surface area contributed by atoms with Gasteiger partial charge in [0.15, 0.2) is 0 Å². The van der Waals surface area contributed by atoms with Crippen LogP contribution in [-0.4, -0.2) is 73.2 Å². The zero-order valence-corrected chi connectivity index (χ0v) is 16.1. The molecular weight excluding hydrogens is 332 g/mol. The van der Waals surface area contributed by atoms with Crippen molar-refractivity contribution in [1.29, 1.82) is 0 Å². The number of anilines is 1. The third-order valence-electron chi connectivity index (χ3n) is 4.90. The highest BCUT2D eigenvalue weighted by Gasteiger charge is 2.35. The van der Waals surface area contributed by atoms with Gasteiger partial charge in [0.1, 0.15) is 0 Å². The third kappa shape index (κ3) is 5.36. The van der Waals surface area contributed by atoms with E-state index in [9.17, 15) is 9.59 Å². The quantitative estimate of drug-likeness (QED) is 0.738. The first-order valence-corrected chi connectivity index (χ1v) is 9.03. The van der Waals surface area contributed by atoms with Crippen molar-refractivity contribution in [1.82, 2.24) is 15.1 Å². The van der Waals surface area contributed by atoms with Gasteiger partial charge in [-0.3, -0.25) is 9.69 Å². The molecule has 7 heteroatoms. The second-order valence-electron chi connectivity index (χ2n) is 7.15. The molecule has 1 aliphatic rings. The van der Waals surface area contributed by atoms with Gasteiger partial charge in [0.25, 0.3) is 0 Å². The lowest BCUT2D eigenvalue weighted by molar-refractivity contribution is -0.139. The maximum atomic E-state index is 12.4. The number of rotatable bonds is 8. The minimum absolute atomic E-state index is 0.0595. The van der Waals surface area contributed by atoms with Gasteiger partial charge in [0.05, 0.1) is 6.54 Å². The zero-order chi connectivity index (χ0) is 19.3. The summed E-state index contributed by atoms with van der Waals surface area (Å²) in [5.41, 5.74) is 2.19. The molecule has 0 spiro atoms. The lowest BCUT2D eigenvalue weighted by Crippen LogP contribution is -2.56. The number of carboxylic acids is 1. The van der Waals surface area contributed by atoms with E-state index < -0.39 is 5.97 Å². The number of hydrogen-bond acceptors (Lipinski definition) is 4. The molecule has 0 aromatic heterocycles. The molecule has 0 radical (unpaired) electrons. The summed E-state index contributed by atoms with van der Waals surface area (Å²) in [6.45, 7) is 3.28. The Bertz CT molecular complexity index is 629. The number of amides is 2. The molecule has 2 N–H and O–H groups in total. The Morgan fingerprint density at radius 1 is 1.23 bits per heavy atom. The lowest BCUT2D eigenvalue weighted by atomic mass is 9.85. The van der Waals surface area contributed by atoms with Crippen LogP contribution >= 0.6 is 0 Å². The fraction of sp³-hybridized carbons (Fsp3) is 0.579. The van der Waals surface area contributed by atoms with E-state index in [4.69, 9.17) is 5.11 Å². The molecule has 0 heterocycles. The number of benzene rings is 1. The maximum Gasteiger partial charge on any atom is 0.317 e. The molecule has 7 nitrogen and oxygen atoms in total. The number of aliphatic carboxylic acids is 1. The molecule has 0 saturated heterocycles. The number of nitrogens with one attached hydrogen (secondary N) is 1. The summed E-state index contributed by atoms with van der Waals surface area (Å²) < 4.78 is 0. The normalized spacial score (nSPS) is 19.0. The molecule has 1 aromatic rings. The van der Waals surface area contributed by atoms with Crippen molar-refractivity contribution >= 4 is 17.7 Å². The maximum absolute atomic E-state index is 12.4. The molecule has 2 rings (SSSR count). The Kier molecular flexibility index (Phi) is 6.85. The standard InChI is InChI=1S/C19H30N4O3/c1-5-23(13-18(24)25)17-10-15(11-17)20-19(26)22(4)12-14-7-6-8-16(9-14)21(2)3/h6-9,15,17H,5,10-13H2,1-4H3,(H,20,26)(H,24,25). The van der Waals surface area contributed by atoms with Gasteiger partial charge < -0.3 is 20.2 Å². The fourth-order valence-electron chi connectivity index (χ4n) is 3.24. The second kappa shape index (κ2) is 8.89. The van der Waals surface area contributed by atoms with E-state index in [-0.39, 0.29) is 24.7 Å². The Balaban J connectivity index is 1.80. The van der Waals surface area contributed by atoms with Gasteiger partial charge >= 0.3 is 12.0 Å². The number of carbonyl (C=O) groups is 2. The zero-order valence-electron chi connectivity index (χ0n) is 16.1. The summed E-state index contributed by atoms with van der Waals surface area (Å²) in [6, 6.07) is 8.39.